The van der Waals surface area contributed by atoms with Gasteiger partial charge in [0.1, 0.15) is 11.6 Å². The van der Waals surface area contributed by atoms with Crippen molar-refractivity contribution in [1.82, 2.24) is 10.2 Å². The second-order valence-corrected chi connectivity index (χ2v) is 5.92. The Morgan fingerprint density at radius 3 is 2.57 bits per heavy atom. The Morgan fingerprint density at radius 2 is 2.00 bits per heavy atom. The van der Waals surface area contributed by atoms with Crippen LogP contribution in [0.5, 0.6) is 0 Å². The first-order valence-corrected chi connectivity index (χ1v) is 7.19. The number of amides is 2. The molecule has 1 aromatic carbocycles. The van der Waals surface area contributed by atoms with Crippen molar-refractivity contribution in [3.05, 3.63) is 35.9 Å². The van der Waals surface area contributed by atoms with Crippen LogP contribution in [0, 0.1) is 18.3 Å². The Labute approximate surface area is 124 Å². The van der Waals surface area contributed by atoms with E-state index in [1.165, 1.54) is 4.90 Å². The van der Waals surface area contributed by atoms with Gasteiger partial charge in [-0.15, -0.1) is 6.42 Å². The van der Waals surface area contributed by atoms with Gasteiger partial charge in [0.15, 0.2) is 0 Å². The van der Waals surface area contributed by atoms with Gasteiger partial charge < -0.3 is 10.2 Å². The van der Waals surface area contributed by atoms with Crippen LogP contribution in [0.15, 0.2) is 30.3 Å². The van der Waals surface area contributed by atoms with E-state index in [0.717, 1.165) is 18.4 Å². The molecule has 0 aromatic heterocycles. The molecule has 108 valence electrons. The van der Waals surface area contributed by atoms with Gasteiger partial charge in [-0.2, -0.15) is 0 Å². The molecule has 4 nitrogen and oxygen atoms in total. The molecular formula is C17H18N2O2. The molecule has 1 saturated carbocycles. The monoisotopic (exact) mass is 282 g/mol. The molecule has 2 aliphatic rings. The molecule has 4 heteroatoms. The zero-order valence-corrected chi connectivity index (χ0v) is 12.0. The number of carbonyl (C=O) groups excluding carboxylic acids is 2. The van der Waals surface area contributed by atoms with Gasteiger partial charge in [-0.1, -0.05) is 36.3 Å². The maximum absolute atomic E-state index is 12.9. The van der Waals surface area contributed by atoms with E-state index in [1.54, 1.807) is 0 Å². The van der Waals surface area contributed by atoms with E-state index < -0.39 is 11.6 Å². The van der Waals surface area contributed by atoms with Crippen LogP contribution in [0.3, 0.4) is 0 Å². The number of nitrogens with zero attached hydrogens (tertiary/aromatic N) is 1. The topological polar surface area (TPSA) is 49.4 Å². The fraction of sp³-hybridized carbons (Fsp3) is 0.412. The Bertz CT molecular complexity index is 615. The molecule has 1 N–H and O–H groups in total. The van der Waals surface area contributed by atoms with Crippen LogP contribution in [-0.2, 0) is 9.59 Å². The van der Waals surface area contributed by atoms with Crippen molar-refractivity contribution in [3.63, 3.8) is 0 Å². The summed E-state index contributed by atoms with van der Waals surface area (Å²) >= 11 is 0. The molecular weight excluding hydrogens is 264 g/mol. The van der Waals surface area contributed by atoms with Crippen molar-refractivity contribution in [2.24, 2.45) is 5.92 Å². The van der Waals surface area contributed by atoms with Gasteiger partial charge in [0.2, 0.25) is 11.8 Å². The Kier molecular flexibility index (Phi) is 3.21. The van der Waals surface area contributed by atoms with E-state index in [0.29, 0.717) is 0 Å². The predicted octanol–water partition coefficient (Wildman–Crippen LogP) is 1.49. The zero-order valence-electron chi connectivity index (χ0n) is 12.0. The maximum Gasteiger partial charge on any atom is 0.250 e. The van der Waals surface area contributed by atoms with Crippen molar-refractivity contribution in [1.29, 1.82) is 0 Å². The summed E-state index contributed by atoms with van der Waals surface area (Å²) in [7, 11) is 0. The summed E-state index contributed by atoms with van der Waals surface area (Å²) in [5.74, 6) is 2.52. The first kappa shape index (κ1) is 13.7. The minimum atomic E-state index is -0.806. The number of terminal acetylenes is 1. The largest absolute Gasteiger partial charge is 0.340 e. The molecule has 1 aromatic rings. The first-order chi connectivity index (χ1) is 10.1. The van der Waals surface area contributed by atoms with Crippen LogP contribution in [-0.4, -0.2) is 28.8 Å². The molecule has 0 spiro atoms. The van der Waals surface area contributed by atoms with E-state index >= 15 is 0 Å². The molecule has 21 heavy (non-hydrogen) atoms. The molecule has 1 aliphatic heterocycles. The van der Waals surface area contributed by atoms with E-state index in [1.807, 2.05) is 37.3 Å². The highest BCUT2D eigenvalue weighted by Gasteiger charge is 2.55. The highest BCUT2D eigenvalue weighted by atomic mass is 16.2. The molecule has 3 rings (SSSR count). The highest BCUT2D eigenvalue weighted by molar-refractivity contribution is 6.00. The lowest BCUT2D eigenvalue weighted by atomic mass is 9.87. The number of rotatable bonds is 3. The number of hydrogen-bond acceptors (Lipinski definition) is 2. The number of hydrogen-bond donors (Lipinski definition) is 1. The molecule has 1 saturated heterocycles. The number of piperazine rings is 1. The van der Waals surface area contributed by atoms with E-state index in [4.69, 9.17) is 6.42 Å². The van der Waals surface area contributed by atoms with Crippen LogP contribution < -0.4 is 5.32 Å². The van der Waals surface area contributed by atoms with Gasteiger partial charge in [-0.25, -0.2) is 0 Å². The smallest absolute Gasteiger partial charge is 0.250 e. The third kappa shape index (κ3) is 2.19. The van der Waals surface area contributed by atoms with Gasteiger partial charge in [0.05, 0.1) is 6.54 Å². The summed E-state index contributed by atoms with van der Waals surface area (Å²) in [6.07, 6.45) is 7.36. The lowest BCUT2D eigenvalue weighted by molar-refractivity contribution is -0.154. The molecule has 2 fully saturated rings. The summed E-state index contributed by atoms with van der Waals surface area (Å²) in [5, 5.41) is 2.94. The average Bonchev–Trinajstić information content (AvgIpc) is 3.31. The minimum absolute atomic E-state index is 0.0728. The van der Waals surface area contributed by atoms with Gasteiger partial charge in [0, 0.05) is 0 Å². The van der Waals surface area contributed by atoms with E-state index in [-0.39, 0.29) is 24.3 Å². The lowest BCUT2D eigenvalue weighted by Crippen LogP contribution is -2.67. The molecule has 1 aliphatic carbocycles. The minimum Gasteiger partial charge on any atom is -0.340 e. The maximum atomic E-state index is 12.9. The summed E-state index contributed by atoms with van der Waals surface area (Å²) in [5.41, 5.74) is -0.0180. The molecule has 2 atom stereocenters. The zero-order chi connectivity index (χ0) is 15.0. The van der Waals surface area contributed by atoms with Crippen molar-refractivity contribution in [2.45, 2.75) is 31.3 Å². The standard InChI is InChI=1S/C17H18N2O2/c1-3-11-19-14(12-7-5-4-6-8-12)15(20)18-17(2,16(19)21)13-9-10-13/h1,4-8,13-14H,9-11H2,2H3,(H,18,20). The normalized spacial score (nSPS) is 29.0. The van der Waals surface area contributed by atoms with Crippen LogP contribution >= 0.6 is 0 Å². The summed E-state index contributed by atoms with van der Waals surface area (Å²) < 4.78 is 0. The Balaban J connectivity index is 1.99. The molecule has 2 amide bonds. The van der Waals surface area contributed by atoms with Gasteiger partial charge >= 0.3 is 0 Å². The van der Waals surface area contributed by atoms with Gasteiger partial charge in [-0.3, -0.25) is 9.59 Å². The molecule has 0 radical (unpaired) electrons. The lowest BCUT2D eigenvalue weighted by Gasteiger charge is -2.44. The van der Waals surface area contributed by atoms with Crippen molar-refractivity contribution < 1.29 is 9.59 Å². The fourth-order valence-corrected chi connectivity index (χ4v) is 3.10. The second-order valence-electron chi connectivity index (χ2n) is 5.92. The predicted molar refractivity (Wildman–Crippen MR) is 79.0 cm³/mol. The average molecular weight is 282 g/mol. The van der Waals surface area contributed by atoms with Crippen molar-refractivity contribution >= 4 is 11.8 Å². The number of nitrogens with one attached hydrogen (secondary N) is 1. The third-order valence-electron chi connectivity index (χ3n) is 4.42. The number of carbonyl (C=O) groups is 2. The highest BCUT2D eigenvalue weighted by Crippen LogP contribution is 2.43. The number of benzene rings is 1. The van der Waals surface area contributed by atoms with Crippen molar-refractivity contribution in [3.8, 4) is 12.3 Å². The Morgan fingerprint density at radius 1 is 1.33 bits per heavy atom. The van der Waals surface area contributed by atoms with E-state index in [2.05, 4.69) is 11.2 Å². The molecule has 0 bridgehead atoms. The fourth-order valence-electron chi connectivity index (χ4n) is 3.10. The van der Waals surface area contributed by atoms with Gasteiger partial charge in [-0.05, 0) is 31.2 Å². The Hall–Kier alpha value is -2.28. The summed E-state index contributed by atoms with van der Waals surface area (Å²) in [6, 6.07) is 8.65. The van der Waals surface area contributed by atoms with Gasteiger partial charge in [0.25, 0.3) is 0 Å². The SMILES string of the molecule is C#CCN1C(=O)C(C)(C2CC2)NC(=O)C1c1ccccc1. The summed E-state index contributed by atoms with van der Waals surface area (Å²) in [4.78, 5) is 27.0. The van der Waals surface area contributed by atoms with E-state index in [9.17, 15) is 9.59 Å². The van der Waals surface area contributed by atoms with Crippen molar-refractivity contribution in [2.75, 3.05) is 6.54 Å². The molecule has 1 heterocycles. The van der Waals surface area contributed by atoms with Crippen LogP contribution in [0.1, 0.15) is 31.4 Å². The van der Waals surface area contributed by atoms with Crippen LogP contribution in [0.4, 0.5) is 0 Å². The quantitative estimate of drug-likeness (QED) is 0.854. The summed E-state index contributed by atoms with van der Waals surface area (Å²) in [6.45, 7) is 1.96. The molecule has 2 unspecified atom stereocenters. The van der Waals surface area contributed by atoms with Crippen LogP contribution in [0.2, 0.25) is 0 Å². The second kappa shape index (κ2) is 4.92. The first-order valence-electron chi connectivity index (χ1n) is 7.19. The van der Waals surface area contributed by atoms with Crippen LogP contribution in [0.25, 0.3) is 0 Å². The third-order valence-corrected chi connectivity index (χ3v) is 4.42.